The molecule has 0 aromatic heterocycles. The molecule has 1 aromatic carbocycles. The van der Waals surface area contributed by atoms with Crippen molar-refractivity contribution in [3.8, 4) is 0 Å². The average molecular weight is 273 g/mol. The largest absolute Gasteiger partial charge is 0.488 e. The molecule has 0 saturated carbocycles. The zero-order valence-corrected chi connectivity index (χ0v) is 10.2. The molecular weight excluding hydrogens is 258 g/mol. The van der Waals surface area contributed by atoms with Gasteiger partial charge in [0.05, 0.1) is 5.56 Å². The number of benzene rings is 1. The fourth-order valence-corrected chi connectivity index (χ4v) is 2.47. The Kier molecular flexibility index (Phi) is 4.18. The summed E-state index contributed by atoms with van der Waals surface area (Å²) in [7, 11) is -1.75. The van der Waals surface area contributed by atoms with Gasteiger partial charge in [-0.1, -0.05) is 18.2 Å². The molecule has 1 aliphatic heterocycles. The van der Waals surface area contributed by atoms with E-state index < -0.39 is 18.9 Å². The van der Waals surface area contributed by atoms with E-state index in [9.17, 15) is 13.2 Å². The van der Waals surface area contributed by atoms with E-state index in [1.807, 2.05) is 0 Å². The van der Waals surface area contributed by atoms with Crippen LogP contribution in [0.1, 0.15) is 29.9 Å². The molecule has 104 valence electrons. The molecule has 0 unspecified atom stereocenters. The molecule has 19 heavy (non-hydrogen) atoms. The van der Waals surface area contributed by atoms with E-state index >= 15 is 0 Å². The first-order valence-electron chi connectivity index (χ1n) is 6.17. The van der Waals surface area contributed by atoms with Crippen molar-refractivity contribution in [3.05, 3.63) is 29.3 Å². The Hall–Kier alpha value is -1.05. The summed E-state index contributed by atoms with van der Waals surface area (Å²) in [5.74, 6) is -0.198. The molecule has 0 amide bonds. The molecule has 3 N–H and O–H groups in total. The van der Waals surface area contributed by atoms with Crippen LogP contribution in [-0.2, 0) is 6.18 Å². The Balaban J connectivity index is 2.43. The Morgan fingerprint density at radius 2 is 1.79 bits per heavy atom. The third-order valence-electron chi connectivity index (χ3n) is 3.46. The molecule has 0 spiro atoms. The first kappa shape index (κ1) is 14.4. The van der Waals surface area contributed by atoms with Crippen molar-refractivity contribution in [1.29, 1.82) is 0 Å². The molecule has 1 saturated heterocycles. The van der Waals surface area contributed by atoms with Gasteiger partial charge in [0, 0.05) is 0 Å². The van der Waals surface area contributed by atoms with Crippen molar-refractivity contribution in [2.24, 2.45) is 0 Å². The van der Waals surface area contributed by atoms with Gasteiger partial charge in [-0.15, -0.1) is 0 Å². The Bertz CT molecular complexity index is 445. The molecule has 0 atom stereocenters. The van der Waals surface area contributed by atoms with Gasteiger partial charge in [-0.05, 0) is 42.9 Å². The summed E-state index contributed by atoms with van der Waals surface area (Å²) >= 11 is 0. The minimum atomic E-state index is -4.42. The molecule has 0 radical (unpaired) electrons. The zero-order valence-electron chi connectivity index (χ0n) is 10.2. The minimum absolute atomic E-state index is 0.0986. The fraction of sp³-hybridized carbons (Fsp3) is 0.500. The summed E-state index contributed by atoms with van der Waals surface area (Å²) in [5.41, 5.74) is -0.412. The highest BCUT2D eigenvalue weighted by molar-refractivity contribution is 6.58. The molecular formula is C12H15BF3NO2. The predicted octanol–water partition coefficient (Wildman–Crippen LogP) is 0.852. The van der Waals surface area contributed by atoms with E-state index in [-0.39, 0.29) is 16.9 Å². The monoisotopic (exact) mass is 273 g/mol. The first-order valence-corrected chi connectivity index (χ1v) is 6.17. The molecule has 1 fully saturated rings. The van der Waals surface area contributed by atoms with Gasteiger partial charge >= 0.3 is 13.3 Å². The van der Waals surface area contributed by atoms with Gasteiger partial charge in [-0.3, -0.25) is 0 Å². The van der Waals surface area contributed by atoms with Crippen LogP contribution in [0.2, 0.25) is 0 Å². The molecule has 3 nitrogen and oxygen atoms in total. The number of piperidine rings is 1. The number of rotatable bonds is 2. The summed E-state index contributed by atoms with van der Waals surface area (Å²) < 4.78 is 39.0. The van der Waals surface area contributed by atoms with Crippen molar-refractivity contribution in [2.75, 3.05) is 13.1 Å². The van der Waals surface area contributed by atoms with Crippen LogP contribution < -0.4 is 10.8 Å². The second kappa shape index (κ2) is 5.52. The predicted molar refractivity (Wildman–Crippen MR) is 66.1 cm³/mol. The van der Waals surface area contributed by atoms with Gasteiger partial charge in [-0.2, -0.15) is 13.2 Å². The van der Waals surface area contributed by atoms with Gasteiger partial charge in [0.25, 0.3) is 0 Å². The van der Waals surface area contributed by atoms with Gasteiger partial charge in [0.2, 0.25) is 0 Å². The number of hydrogen-bond donors (Lipinski definition) is 3. The summed E-state index contributed by atoms with van der Waals surface area (Å²) in [6.45, 7) is 1.35. The summed E-state index contributed by atoms with van der Waals surface area (Å²) in [6, 6.07) is 3.31. The van der Waals surface area contributed by atoms with E-state index in [0.717, 1.165) is 12.1 Å². The molecule has 2 rings (SSSR count). The van der Waals surface area contributed by atoms with Crippen molar-refractivity contribution in [3.63, 3.8) is 0 Å². The summed E-state index contributed by atoms with van der Waals surface area (Å²) in [4.78, 5) is 0. The number of alkyl halides is 3. The number of halogens is 3. The Morgan fingerprint density at radius 1 is 1.16 bits per heavy atom. The quantitative estimate of drug-likeness (QED) is 0.700. The second-order valence-corrected chi connectivity index (χ2v) is 4.74. The second-order valence-electron chi connectivity index (χ2n) is 4.74. The third kappa shape index (κ3) is 3.29. The van der Waals surface area contributed by atoms with E-state index in [2.05, 4.69) is 5.32 Å². The highest BCUT2D eigenvalue weighted by Crippen LogP contribution is 2.37. The first-order chi connectivity index (χ1) is 8.89. The van der Waals surface area contributed by atoms with Crippen molar-refractivity contribution >= 4 is 12.6 Å². The lowest BCUT2D eigenvalue weighted by Crippen LogP contribution is -2.33. The highest BCUT2D eigenvalue weighted by Gasteiger charge is 2.36. The van der Waals surface area contributed by atoms with E-state index in [1.165, 1.54) is 6.07 Å². The minimum Gasteiger partial charge on any atom is -0.423 e. The highest BCUT2D eigenvalue weighted by atomic mass is 19.4. The van der Waals surface area contributed by atoms with E-state index in [1.54, 1.807) is 0 Å². The smallest absolute Gasteiger partial charge is 0.423 e. The maximum Gasteiger partial charge on any atom is 0.488 e. The lowest BCUT2D eigenvalue weighted by atomic mass is 9.76. The van der Waals surface area contributed by atoms with Crippen LogP contribution in [0.3, 0.4) is 0 Å². The van der Waals surface area contributed by atoms with Crippen LogP contribution in [-0.4, -0.2) is 30.3 Å². The molecule has 7 heteroatoms. The Morgan fingerprint density at radius 3 is 2.32 bits per heavy atom. The molecule has 0 bridgehead atoms. The number of hydrogen-bond acceptors (Lipinski definition) is 3. The van der Waals surface area contributed by atoms with Crippen LogP contribution in [0.15, 0.2) is 18.2 Å². The van der Waals surface area contributed by atoms with Crippen molar-refractivity contribution < 1.29 is 23.2 Å². The molecule has 1 aromatic rings. The standard InChI is InChI=1S/C12H15BF3NO2/c14-12(15,16)11-2-1-9(13(18)19)7-10(11)8-3-5-17-6-4-8/h1-2,7-8,17-19H,3-6H2. The summed E-state index contributed by atoms with van der Waals surface area (Å²) in [6.07, 6.45) is -3.18. The van der Waals surface area contributed by atoms with Gasteiger partial charge in [0.1, 0.15) is 0 Å². The van der Waals surface area contributed by atoms with Crippen LogP contribution >= 0.6 is 0 Å². The molecule has 1 aliphatic rings. The van der Waals surface area contributed by atoms with E-state index in [0.29, 0.717) is 25.9 Å². The number of nitrogens with one attached hydrogen (secondary N) is 1. The fourth-order valence-electron chi connectivity index (χ4n) is 2.47. The maximum atomic E-state index is 13.0. The van der Waals surface area contributed by atoms with Gasteiger partial charge < -0.3 is 15.4 Å². The maximum absolute atomic E-state index is 13.0. The molecule has 0 aliphatic carbocycles. The van der Waals surface area contributed by atoms with Crippen LogP contribution in [0.5, 0.6) is 0 Å². The van der Waals surface area contributed by atoms with Gasteiger partial charge in [0.15, 0.2) is 0 Å². The SMILES string of the molecule is OB(O)c1ccc(C(F)(F)F)c(C2CCNCC2)c1. The Labute approximate surface area is 109 Å². The lowest BCUT2D eigenvalue weighted by Gasteiger charge is -2.26. The zero-order chi connectivity index (χ0) is 14.0. The van der Waals surface area contributed by atoms with Gasteiger partial charge in [-0.25, -0.2) is 0 Å². The average Bonchev–Trinajstić information content (AvgIpc) is 2.38. The summed E-state index contributed by atoms with van der Waals surface area (Å²) in [5, 5.41) is 21.3. The van der Waals surface area contributed by atoms with E-state index in [4.69, 9.17) is 10.0 Å². The molecule has 1 heterocycles. The third-order valence-corrected chi connectivity index (χ3v) is 3.46. The normalized spacial score (nSPS) is 17.5. The van der Waals surface area contributed by atoms with Crippen LogP contribution in [0.4, 0.5) is 13.2 Å². The van der Waals surface area contributed by atoms with Crippen molar-refractivity contribution in [1.82, 2.24) is 5.32 Å². The van der Waals surface area contributed by atoms with Crippen LogP contribution in [0, 0.1) is 0 Å². The van der Waals surface area contributed by atoms with Crippen LogP contribution in [0.25, 0.3) is 0 Å². The topological polar surface area (TPSA) is 52.5 Å². The van der Waals surface area contributed by atoms with Crippen molar-refractivity contribution in [2.45, 2.75) is 24.9 Å². The lowest BCUT2D eigenvalue weighted by molar-refractivity contribution is -0.138.